The summed E-state index contributed by atoms with van der Waals surface area (Å²) in [7, 11) is -3.93. The average molecular weight is 433 g/mol. The quantitative estimate of drug-likeness (QED) is 0.611. The Balaban J connectivity index is 2.16. The number of alkyl halides is 4. The minimum absolute atomic E-state index is 0.240. The first-order chi connectivity index (χ1) is 13.5. The lowest BCUT2D eigenvalue weighted by atomic mass is 9.91. The van der Waals surface area contributed by atoms with Crippen molar-refractivity contribution in [3.05, 3.63) is 53.9 Å². The van der Waals surface area contributed by atoms with Gasteiger partial charge >= 0.3 is 0 Å². The average Bonchev–Trinajstić information content (AvgIpc) is 2.70. The number of hydrogen-bond donors (Lipinski definition) is 1. The third kappa shape index (κ3) is 5.83. The van der Waals surface area contributed by atoms with Gasteiger partial charge in [-0.05, 0) is 17.2 Å². The fourth-order valence-electron chi connectivity index (χ4n) is 2.67. The maximum atomic E-state index is 13.8. The van der Waals surface area contributed by atoms with E-state index in [9.17, 15) is 35.9 Å². The number of hydrogen-bond acceptors (Lipinski definition) is 5. The van der Waals surface area contributed by atoms with Crippen molar-refractivity contribution in [2.45, 2.75) is 24.5 Å². The Kier molecular flexibility index (Phi) is 7.48. The standard InChI is InChI=1S/C19H19F4NO4S/c1-29(27,28)19(23)15-7-6-13(10-24-15)11-2-4-12(5-3-11)17(26)14(9-20)8-16(25)18(21)22/h2-7,10,14,17-19,26H,8-9H2,1H3/t14-,17-,19?/m1/s1. The zero-order chi connectivity index (χ0) is 21.8. The summed E-state index contributed by atoms with van der Waals surface area (Å²) in [6.45, 7) is -1.14. The van der Waals surface area contributed by atoms with Crippen LogP contribution in [0, 0.1) is 5.92 Å². The van der Waals surface area contributed by atoms with Crippen LogP contribution < -0.4 is 0 Å². The molecule has 10 heteroatoms. The summed E-state index contributed by atoms with van der Waals surface area (Å²) in [5.41, 5.74) is -1.12. The third-order valence-electron chi connectivity index (χ3n) is 4.33. The number of sulfone groups is 1. The minimum atomic E-state index is -3.93. The van der Waals surface area contributed by atoms with E-state index in [2.05, 4.69) is 4.98 Å². The van der Waals surface area contributed by atoms with Crippen LogP contribution in [0.15, 0.2) is 42.6 Å². The minimum Gasteiger partial charge on any atom is -0.388 e. The summed E-state index contributed by atoms with van der Waals surface area (Å²) in [5, 5.41) is 10.2. The van der Waals surface area contributed by atoms with Crippen molar-refractivity contribution in [2.75, 3.05) is 12.9 Å². The number of aliphatic hydroxyl groups excluding tert-OH is 1. The van der Waals surface area contributed by atoms with Gasteiger partial charge in [-0.2, -0.15) is 0 Å². The van der Waals surface area contributed by atoms with Gasteiger partial charge < -0.3 is 5.11 Å². The smallest absolute Gasteiger partial charge is 0.295 e. The van der Waals surface area contributed by atoms with E-state index >= 15 is 0 Å². The normalized spacial score (nSPS) is 15.1. The van der Waals surface area contributed by atoms with Crippen LogP contribution in [0.1, 0.15) is 29.3 Å². The molecule has 1 unspecified atom stereocenters. The van der Waals surface area contributed by atoms with Crippen LogP contribution in [0.5, 0.6) is 0 Å². The van der Waals surface area contributed by atoms with Crippen LogP contribution in [-0.4, -0.2) is 43.6 Å². The summed E-state index contributed by atoms with van der Waals surface area (Å²) in [6, 6.07) is 8.68. The largest absolute Gasteiger partial charge is 0.388 e. The number of ketones is 1. The molecular formula is C19H19F4NO4S. The first-order valence-corrected chi connectivity index (χ1v) is 10.4. The van der Waals surface area contributed by atoms with Crippen molar-refractivity contribution in [3.8, 4) is 11.1 Å². The Morgan fingerprint density at radius 3 is 2.10 bits per heavy atom. The Morgan fingerprint density at radius 2 is 1.66 bits per heavy atom. The number of carbonyl (C=O) groups is 1. The molecule has 1 heterocycles. The highest BCUT2D eigenvalue weighted by atomic mass is 32.2. The van der Waals surface area contributed by atoms with Crippen molar-refractivity contribution in [1.82, 2.24) is 4.98 Å². The first-order valence-electron chi connectivity index (χ1n) is 8.48. The van der Waals surface area contributed by atoms with Crippen LogP contribution in [0.25, 0.3) is 11.1 Å². The molecule has 0 amide bonds. The maximum absolute atomic E-state index is 13.8. The highest BCUT2D eigenvalue weighted by Gasteiger charge is 2.27. The highest BCUT2D eigenvalue weighted by molar-refractivity contribution is 7.90. The molecule has 1 aromatic carbocycles. The van der Waals surface area contributed by atoms with Crippen molar-refractivity contribution in [1.29, 1.82) is 0 Å². The van der Waals surface area contributed by atoms with Crippen LogP contribution in [0.3, 0.4) is 0 Å². The van der Waals surface area contributed by atoms with Crippen molar-refractivity contribution < 1.29 is 35.9 Å². The van der Waals surface area contributed by atoms with Gasteiger partial charge in [0.25, 0.3) is 6.43 Å². The zero-order valence-electron chi connectivity index (χ0n) is 15.3. The molecule has 0 bridgehead atoms. The van der Waals surface area contributed by atoms with E-state index in [1.54, 1.807) is 12.1 Å². The van der Waals surface area contributed by atoms with Crippen LogP contribution >= 0.6 is 0 Å². The number of nitrogens with zero attached hydrogens (tertiary/aromatic N) is 1. The number of aromatic nitrogens is 1. The van der Waals surface area contributed by atoms with E-state index in [4.69, 9.17) is 0 Å². The molecule has 0 saturated carbocycles. The molecule has 5 nitrogen and oxygen atoms in total. The van der Waals surface area contributed by atoms with Crippen LogP contribution in [0.4, 0.5) is 17.6 Å². The van der Waals surface area contributed by atoms with E-state index < -0.39 is 52.7 Å². The van der Waals surface area contributed by atoms with Gasteiger partial charge in [-0.1, -0.05) is 30.3 Å². The lowest BCUT2D eigenvalue weighted by Crippen LogP contribution is -2.22. The fourth-order valence-corrected chi connectivity index (χ4v) is 3.25. The molecule has 0 radical (unpaired) electrons. The number of aliphatic hydroxyl groups is 1. The van der Waals surface area contributed by atoms with Gasteiger partial charge in [-0.15, -0.1) is 0 Å². The molecule has 2 rings (SSSR count). The summed E-state index contributed by atoms with van der Waals surface area (Å²) in [4.78, 5) is 14.9. The van der Waals surface area contributed by atoms with Crippen molar-refractivity contribution in [2.24, 2.45) is 5.92 Å². The monoisotopic (exact) mass is 433 g/mol. The molecule has 0 saturated heterocycles. The summed E-state index contributed by atoms with van der Waals surface area (Å²) >= 11 is 0. The molecule has 158 valence electrons. The number of carbonyl (C=O) groups excluding carboxylic acids is 1. The van der Waals surface area contributed by atoms with Crippen LogP contribution in [0.2, 0.25) is 0 Å². The number of benzene rings is 1. The Labute approximate surface area is 165 Å². The summed E-state index contributed by atoms with van der Waals surface area (Å²) in [5.74, 6) is -2.73. The SMILES string of the molecule is CS(=O)(=O)C(F)c1ccc(-c2ccc([C@@H](O)[C@@H](CF)CC(=O)C(F)F)cc2)cn1. The molecule has 2 aromatic rings. The van der Waals surface area contributed by atoms with Gasteiger partial charge in [0, 0.05) is 30.4 Å². The Hall–Kier alpha value is -2.33. The number of Topliss-reactive ketones (excluding diaryl/α,β-unsaturated/α-hetero) is 1. The predicted molar refractivity (Wildman–Crippen MR) is 98.4 cm³/mol. The Bertz CT molecular complexity index is 934. The molecular weight excluding hydrogens is 414 g/mol. The first kappa shape index (κ1) is 23.0. The lowest BCUT2D eigenvalue weighted by Gasteiger charge is -2.20. The molecule has 29 heavy (non-hydrogen) atoms. The molecule has 0 fully saturated rings. The van der Waals surface area contributed by atoms with E-state index in [0.29, 0.717) is 11.1 Å². The highest BCUT2D eigenvalue weighted by Crippen LogP contribution is 2.29. The molecule has 0 aliphatic carbocycles. The third-order valence-corrected chi connectivity index (χ3v) is 5.33. The van der Waals surface area contributed by atoms with E-state index in [1.807, 2.05) is 0 Å². The number of halogens is 4. The second-order valence-corrected chi connectivity index (χ2v) is 8.64. The van der Waals surface area contributed by atoms with Gasteiger partial charge in [-0.25, -0.2) is 21.6 Å². The van der Waals surface area contributed by atoms with E-state index in [0.717, 1.165) is 6.26 Å². The predicted octanol–water partition coefficient (Wildman–Crippen LogP) is 3.60. The van der Waals surface area contributed by atoms with E-state index in [-0.39, 0.29) is 11.3 Å². The van der Waals surface area contributed by atoms with Crippen molar-refractivity contribution >= 4 is 15.6 Å². The van der Waals surface area contributed by atoms with Crippen molar-refractivity contribution in [3.63, 3.8) is 0 Å². The molecule has 3 atom stereocenters. The Morgan fingerprint density at radius 1 is 1.07 bits per heavy atom. The van der Waals surface area contributed by atoms with Gasteiger partial charge in [-0.3, -0.25) is 14.2 Å². The van der Waals surface area contributed by atoms with Gasteiger partial charge in [0.1, 0.15) is 0 Å². The molecule has 0 aliphatic heterocycles. The second-order valence-electron chi connectivity index (χ2n) is 6.57. The van der Waals surface area contributed by atoms with E-state index in [1.165, 1.54) is 30.5 Å². The lowest BCUT2D eigenvalue weighted by molar-refractivity contribution is -0.131. The molecule has 1 N–H and O–H groups in total. The zero-order valence-corrected chi connectivity index (χ0v) is 16.1. The molecule has 0 spiro atoms. The fraction of sp³-hybridized carbons (Fsp3) is 0.368. The van der Waals surface area contributed by atoms with Gasteiger partial charge in [0.05, 0.1) is 18.5 Å². The topological polar surface area (TPSA) is 84.3 Å². The molecule has 0 aliphatic rings. The maximum Gasteiger partial charge on any atom is 0.295 e. The number of rotatable bonds is 9. The van der Waals surface area contributed by atoms with Gasteiger partial charge in [0.2, 0.25) is 5.50 Å². The number of pyridine rings is 1. The summed E-state index contributed by atoms with van der Waals surface area (Å²) < 4.78 is 74.1. The van der Waals surface area contributed by atoms with Crippen LogP contribution in [-0.2, 0) is 14.6 Å². The molecule has 1 aromatic heterocycles. The summed E-state index contributed by atoms with van der Waals surface area (Å²) in [6.07, 6.45) is -3.41. The second kappa shape index (κ2) is 9.45. The van der Waals surface area contributed by atoms with Gasteiger partial charge in [0.15, 0.2) is 15.6 Å².